The van der Waals surface area contributed by atoms with Gasteiger partial charge in [0.15, 0.2) is 17.3 Å². The van der Waals surface area contributed by atoms with Crippen LogP contribution in [0.4, 0.5) is 14.5 Å². The maximum absolute atomic E-state index is 13.7. The maximum atomic E-state index is 13.7. The minimum Gasteiger partial charge on any atom is -0.478 e. The molecule has 3 aromatic carbocycles. The predicted molar refractivity (Wildman–Crippen MR) is 162 cm³/mol. The second-order valence-electron chi connectivity index (χ2n) is 10.5. The molecule has 2 heterocycles. The van der Waals surface area contributed by atoms with Crippen LogP contribution in [0.15, 0.2) is 72.9 Å². The van der Waals surface area contributed by atoms with E-state index in [1.165, 1.54) is 24.4 Å². The number of para-hydroxylation sites is 1. The lowest BCUT2D eigenvalue weighted by Crippen LogP contribution is -2.31. The van der Waals surface area contributed by atoms with Gasteiger partial charge in [-0.25, -0.2) is 23.1 Å². The number of nitrogens with zero attached hydrogens (tertiary/aromatic N) is 3. The lowest BCUT2D eigenvalue weighted by atomic mass is 10.0. The van der Waals surface area contributed by atoms with Crippen LogP contribution in [0, 0.1) is 11.6 Å². The van der Waals surface area contributed by atoms with Crippen molar-refractivity contribution >= 4 is 46.6 Å². The lowest BCUT2D eigenvalue weighted by Gasteiger charge is -2.15. The first-order valence-corrected chi connectivity index (χ1v) is 14.3. The van der Waals surface area contributed by atoms with Crippen LogP contribution in [-0.4, -0.2) is 43.4 Å². The Balaban J connectivity index is 1.33. The average Bonchev–Trinajstić information content (AvgIpc) is 3.66. The second-order valence-corrected chi connectivity index (χ2v) is 10.9. The Kier molecular flexibility index (Phi) is 8.16. The highest BCUT2D eigenvalue weighted by molar-refractivity contribution is 6.34. The molecular weight excluding hydrogens is 622 g/mol. The number of hydrogen-bond donors (Lipinski definition) is 4. The van der Waals surface area contributed by atoms with Gasteiger partial charge in [0.1, 0.15) is 17.0 Å². The minimum atomic E-state index is -1.08. The third kappa shape index (κ3) is 6.00. The minimum absolute atomic E-state index is 0.0587. The second kappa shape index (κ2) is 12.4. The van der Waals surface area contributed by atoms with Gasteiger partial charge < -0.3 is 21.1 Å². The number of hydrogen-bond acceptors (Lipinski definition) is 6. The van der Waals surface area contributed by atoms with Crippen LogP contribution in [0.5, 0.6) is 0 Å². The molecule has 0 spiro atoms. The van der Waals surface area contributed by atoms with Crippen LogP contribution in [0.3, 0.4) is 0 Å². The van der Waals surface area contributed by atoms with Gasteiger partial charge >= 0.3 is 5.97 Å². The molecule has 3 amide bonds. The van der Waals surface area contributed by atoms with Crippen molar-refractivity contribution in [3.8, 4) is 0 Å². The summed E-state index contributed by atoms with van der Waals surface area (Å²) in [5.41, 5.74) is 1.76. The van der Waals surface area contributed by atoms with Gasteiger partial charge in [-0.3, -0.25) is 14.4 Å². The van der Waals surface area contributed by atoms with Crippen molar-refractivity contribution in [1.29, 1.82) is 0 Å². The molecule has 0 radical (unpaired) electrons. The highest BCUT2D eigenvalue weighted by Gasteiger charge is 2.28. The van der Waals surface area contributed by atoms with Gasteiger partial charge in [0.2, 0.25) is 0 Å². The van der Waals surface area contributed by atoms with Crippen LogP contribution in [-0.2, 0) is 13.0 Å². The molecule has 0 aliphatic heterocycles. The summed E-state index contributed by atoms with van der Waals surface area (Å²) in [6.45, 7) is -0.180. The van der Waals surface area contributed by atoms with Gasteiger partial charge in [-0.1, -0.05) is 35.9 Å². The number of carboxylic acid groups (broad SMARTS) is 1. The molecule has 232 valence electrons. The van der Waals surface area contributed by atoms with Crippen molar-refractivity contribution in [2.45, 2.75) is 25.4 Å². The number of rotatable bonds is 8. The molecule has 2 aromatic heterocycles. The first-order valence-electron chi connectivity index (χ1n) is 13.9. The topological polar surface area (TPSA) is 155 Å². The van der Waals surface area contributed by atoms with E-state index in [0.717, 1.165) is 27.8 Å². The summed E-state index contributed by atoms with van der Waals surface area (Å²) in [6, 6.07) is 15.2. The van der Waals surface area contributed by atoms with E-state index in [1.807, 2.05) is 0 Å². The summed E-state index contributed by atoms with van der Waals surface area (Å²) in [5, 5.41) is 22.0. The Bertz CT molecular complexity index is 2070. The van der Waals surface area contributed by atoms with E-state index in [9.17, 15) is 33.1 Å². The number of nitrogens with one attached hydrogen (secondary N) is 3. The van der Waals surface area contributed by atoms with Gasteiger partial charge in [-0.15, -0.1) is 0 Å². The summed E-state index contributed by atoms with van der Waals surface area (Å²) in [5.74, 6) is -5.21. The van der Waals surface area contributed by atoms with E-state index < -0.39 is 41.4 Å². The van der Waals surface area contributed by atoms with Crippen molar-refractivity contribution in [3.05, 3.63) is 129 Å². The normalized spacial score (nSPS) is 13.7. The van der Waals surface area contributed by atoms with Crippen LogP contribution in [0.25, 0.3) is 5.65 Å². The molecule has 4 N–H and O–H groups in total. The number of carbonyl (C=O) groups excluding carboxylic acids is 3. The van der Waals surface area contributed by atoms with Crippen LogP contribution < -0.4 is 16.0 Å². The summed E-state index contributed by atoms with van der Waals surface area (Å²) in [6.07, 6.45) is 2.25. The van der Waals surface area contributed by atoms with E-state index in [4.69, 9.17) is 11.6 Å². The molecule has 1 aliphatic rings. The van der Waals surface area contributed by atoms with Crippen molar-refractivity contribution in [2.24, 2.45) is 0 Å². The zero-order valence-electron chi connectivity index (χ0n) is 23.7. The standard InChI is InChI=1S/C32H23ClF2N6O5/c33-21-3-1-2-4-25(21)40-29(42)20-15-37-41-27(31(44)39-24-10-7-17-12-18(32(45)46)6-8-19(17)24)13-26(38-28(20)41)30(43)36-14-16-5-9-22(34)23(35)11-16/h1-6,8-9,11-13,15,24H,7,10,14H2,(H,36,43)(H,39,44)(H,40,42)(H,45,46)/t24-/m0/s1. The van der Waals surface area contributed by atoms with Crippen LogP contribution in [0.2, 0.25) is 5.02 Å². The monoisotopic (exact) mass is 644 g/mol. The number of aromatic carboxylic acids is 1. The fraction of sp³-hybridized carbons (Fsp3) is 0.125. The molecule has 5 aromatic rings. The first-order chi connectivity index (χ1) is 22.1. The van der Waals surface area contributed by atoms with Gasteiger partial charge in [-0.05, 0) is 65.9 Å². The molecule has 6 rings (SSSR count). The predicted octanol–water partition coefficient (Wildman–Crippen LogP) is 4.96. The molecule has 1 atom stereocenters. The summed E-state index contributed by atoms with van der Waals surface area (Å²) in [4.78, 5) is 56.0. The third-order valence-corrected chi connectivity index (χ3v) is 7.84. The number of aryl methyl sites for hydroxylation is 1. The summed E-state index contributed by atoms with van der Waals surface area (Å²) < 4.78 is 28.2. The summed E-state index contributed by atoms with van der Waals surface area (Å²) in [7, 11) is 0. The molecule has 46 heavy (non-hydrogen) atoms. The van der Waals surface area contributed by atoms with E-state index in [1.54, 1.807) is 36.4 Å². The number of halogens is 3. The number of carboxylic acids is 1. The third-order valence-electron chi connectivity index (χ3n) is 7.51. The molecular formula is C32H23ClF2N6O5. The SMILES string of the molecule is O=C(O)c1ccc2c(c1)CC[C@@H]2NC(=O)c1cc(C(=O)NCc2ccc(F)c(F)c2)nc2c(C(=O)Nc3ccccc3Cl)cnn12. The molecule has 11 nitrogen and oxygen atoms in total. The molecule has 0 fully saturated rings. The smallest absolute Gasteiger partial charge is 0.335 e. The maximum Gasteiger partial charge on any atom is 0.335 e. The Hall–Kier alpha value is -5.69. The summed E-state index contributed by atoms with van der Waals surface area (Å²) >= 11 is 6.20. The number of aromatic nitrogens is 3. The van der Waals surface area contributed by atoms with Crippen LogP contribution in [0.1, 0.15) is 70.8 Å². The van der Waals surface area contributed by atoms with Crippen LogP contribution >= 0.6 is 11.6 Å². The van der Waals surface area contributed by atoms with Crippen molar-refractivity contribution in [2.75, 3.05) is 5.32 Å². The molecule has 0 saturated heterocycles. The van der Waals surface area contributed by atoms with Gasteiger partial charge in [0, 0.05) is 12.6 Å². The average molecular weight is 645 g/mol. The van der Waals surface area contributed by atoms with E-state index >= 15 is 0 Å². The van der Waals surface area contributed by atoms with Gasteiger partial charge in [-0.2, -0.15) is 5.10 Å². The Morgan fingerprint density at radius 1 is 0.957 bits per heavy atom. The van der Waals surface area contributed by atoms with E-state index in [-0.39, 0.29) is 45.3 Å². The number of anilines is 1. The largest absolute Gasteiger partial charge is 0.478 e. The zero-order chi connectivity index (χ0) is 32.5. The van der Waals surface area contributed by atoms with Gasteiger partial charge in [0.25, 0.3) is 17.7 Å². The number of fused-ring (bicyclic) bond motifs is 2. The highest BCUT2D eigenvalue weighted by atomic mass is 35.5. The first kappa shape index (κ1) is 30.3. The highest BCUT2D eigenvalue weighted by Crippen LogP contribution is 2.32. The molecule has 0 bridgehead atoms. The molecule has 14 heteroatoms. The Labute approximate surface area is 264 Å². The molecule has 1 aliphatic carbocycles. The molecule has 0 unspecified atom stereocenters. The fourth-order valence-corrected chi connectivity index (χ4v) is 5.39. The van der Waals surface area contributed by atoms with Gasteiger partial charge in [0.05, 0.1) is 28.5 Å². The number of amides is 3. The van der Waals surface area contributed by atoms with Crippen molar-refractivity contribution in [3.63, 3.8) is 0 Å². The van der Waals surface area contributed by atoms with Crippen molar-refractivity contribution in [1.82, 2.24) is 25.2 Å². The fourth-order valence-electron chi connectivity index (χ4n) is 5.21. The Morgan fingerprint density at radius 2 is 1.76 bits per heavy atom. The lowest BCUT2D eigenvalue weighted by molar-refractivity contribution is 0.0695. The quantitative estimate of drug-likeness (QED) is 0.186. The van der Waals surface area contributed by atoms with E-state index in [2.05, 4.69) is 26.0 Å². The zero-order valence-corrected chi connectivity index (χ0v) is 24.4. The number of carbonyl (C=O) groups is 4. The Morgan fingerprint density at radius 3 is 2.52 bits per heavy atom. The van der Waals surface area contributed by atoms with E-state index in [0.29, 0.717) is 18.5 Å². The number of benzene rings is 3. The van der Waals surface area contributed by atoms with Crippen molar-refractivity contribution < 1.29 is 33.1 Å². The molecule has 0 saturated carbocycles.